The highest BCUT2D eigenvalue weighted by Crippen LogP contribution is 2.39. The van der Waals surface area contributed by atoms with Crippen molar-refractivity contribution in [1.82, 2.24) is 40.2 Å². The maximum atomic E-state index is 13.0. The summed E-state index contributed by atoms with van der Waals surface area (Å²) in [6.07, 6.45) is 3.11. The Balaban J connectivity index is 1.55. The first kappa shape index (κ1) is 18.1. The average Bonchev–Trinajstić information content (AvgIpc) is 3.08. The molecule has 1 saturated heterocycles. The van der Waals surface area contributed by atoms with Crippen LogP contribution >= 0.6 is 0 Å². The van der Waals surface area contributed by atoms with Gasteiger partial charge < -0.3 is 9.64 Å². The number of likely N-dealkylation sites (N-methyl/N-ethyl adjacent to an activating group) is 1. The van der Waals surface area contributed by atoms with Crippen molar-refractivity contribution in [3.8, 4) is 0 Å². The van der Waals surface area contributed by atoms with E-state index in [9.17, 15) is 4.79 Å². The van der Waals surface area contributed by atoms with Crippen LogP contribution < -0.4 is 0 Å². The van der Waals surface area contributed by atoms with E-state index in [1.165, 1.54) is 12.8 Å². The summed E-state index contributed by atoms with van der Waals surface area (Å²) in [5, 5.41) is 19.5. The minimum Gasteiger partial charge on any atom is -0.383 e. The Morgan fingerprint density at radius 2 is 2.26 bits per heavy atom. The van der Waals surface area contributed by atoms with Gasteiger partial charge in [0.2, 0.25) is 0 Å². The number of likely N-dealkylation sites (tertiary alicyclic amines) is 1. The molecule has 0 unspecified atom stereocenters. The minimum absolute atomic E-state index is 0.0437. The van der Waals surface area contributed by atoms with Crippen molar-refractivity contribution in [3.63, 3.8) is 0 Å². The summed E-state index contributed by atoms with van der Waals surface area (Å²) in [6, 6.07) is 1.90. The number of hydrogen-bond acceptors (Lipinski definition) is 7. The summed E-state index contributed by atoms with van der Waals surface area (Å²) in [5.41, 5.74) is 1.13. The lowest BCUT2D eigenvalue weighted by Gasteiger charge is -2.34. The molecule has 1 atom stereocenters. The van der Waals surface area contributed by atoms with Gasteiger partial charge in [0.05, 0.1) is 13.2 Å². The molecule has 4 rings (SSSR count). The monoisotopic (exact) mass is 374 g/mol. The summed E-state index contributed by atoms with van der Waals surface area (Å²) >= 11 is 0. The van der Waals surface area contributed by atoms with Crippen LogP contribution in [0.3, 0.4) is 0 Å². The van der Waals surface area contributed by atoms with Crippen molar-refractivity contribution in [2.24, 2.45) is 0 Å². The summed E-state index contributed by atoms with van der Waals surface area (Å²) in [7, 11) is 5.66. The number of ether oxygens (including phenoxy) is 1. The van der Waals surface area contributed by atoms with Gasteiger partial charge in [-0.1, -0.05) is 0 Å². The Morgan fingerprint density at radius 3 is 2.96 bits per heavy atom. The van der Waals surface area contributed by atoms with Crippen molar-refractivity contribution in [3.05, 3.63) is 23.3 Å². The van der Waals surface area contributed by atoms with E-state index in [1.54, 1.807) is 11.8 Å². The van der Waals surface area contributed by atoms with E-state index >= 15 is 0 Å². The number of aromatic amines is 1. The molecule has 1 saturated carbocycles. The van der Waals surface area contributed by atoms with Crippen LogP contribution in [0.15, 0.2) is 6.07 Å². The van der Waals surface area contributed by atoms with E-state index in [4.69, 9.17) is 4.74 Å². The average molecular weight is 374 g/mol. The first-order valence-electron chi connectivity index (χ1n) is 9.33. The molecular weight excluding hydrogens is 348 g/mol. The molecule has 2 aliphatic rings. The van der Waals surface area contributed by atoms with E-state index in [2.05, 4.69) is 30.6 Å². The van der Waals surface area contributed by atoms with Gasteiger partial charge >= 0.3 is 0 Å². The molecular formula is C17H26N8O2. The SMILES string of the molecule is COCCn1nnnc1[C@]1(N(C)C)CCN(C(=O)c2cc(C3CC3)[nH]n2)C1. The van der Waals surface area contributed by atoms with Crippen molar-refractivity contribution >= 4 is 5.91 Å². The lowest BCUT2D eigenvalue weighted by Crippen LogP contribution is -2.47. The molecule has 2 fully saturated rings. The van der Waals surface area contributed by atoms with Gasteiger partial charge in [-0.25, -0.2) is 4.68 Å². The molecule has 2 aromatic rings. The molecule has 10 nitrogen and oxygen atoms in total. The molecule has 1 N–H and O–H groups in total. The Labute approximate surface area is 157 Å². The third-order valence-electron chi connectivity index (χ3n) is 5.68. The molecule has 0 aromatic carbocycles. The third kappa shape index (κ3) is 3.23. The molecule has 0 radical (unpaired) electrons. The zero-order valence-electron chi connectivity index (χ0n) is 16.1. The highest BCUT2D eigenvalue weighted by Gasteiger charge is 2.47. The molecule has 1 aliphatic carbocycles. The van der Waals surface area contributed by atoms with Gasteiger partial charge in [-0.3, -0.25) is 14.8 Å². The molecule has 1 amide bonds. The number of hydrogen-bond donors (Lipinski definition) is 1. The quantitative estimate of drug-likeness (QED) is 0.739. The van der Waals surface area contributed by atoms with Crippen LogP contribution in [-0.4, -0.2) is 87.0 Å². The standard InChI is InChI=1S/C17H26N8O2/c1-23(2)17(16-20-21-22-25(16)8-9-27-3)6-7-24(11-17)15(26)14-10-13(18-19-14)12-4-5-12/h10,12H,4-9,11H2,1-3H3,(H,18,19)/t17-/m0/s1. The first-order chi connectivity index (χ1) is 13.0. The van der Waals surface area contributed by atoms with Crippen molar-refractivity contribution in [1.29, 1.82) is 0 Å². The van der Waals surface area contributed by atoms with Crippen LogP contribution in [0.25, 0.3) is 0 Å². The Hall–Kier alpha value is -2.33. The molecule has 1 aliphatic heterocycles. The van der Waals surface area contributed by atoms with Gasteiger partial charge in [0, 0.05) is 31.8 Å². The fourth-order valence-electron chi connectivity index (χ4n) is 3.79. The summed E-state index contributed by atoms with van der Waals surface area (Å²) in [4.78, 5) is 16.9. The van der Waals surface area contributed by atoms with Crippen molar-refractivity contribution < 1.29 is 9.53 Å². The molecule has 27 heavy (non-hydrogen) atoms. The maximum absolute atomic E-state index is 13.0. The van der Waals surface area contributed by atoms with Gasteiger partial charge in [0.1, 0.15) is 11.2 Å². The first-order valence-corrected chi connectivity index (χ1v) is 9.33. The summed E-state index contributed by atoms with van der Waals surface area (Å²) in [5.74, 6) is 1.27. The number of methoxy groups -OCH3 is 1. The Kier molecular flexibility index (Phi) is 4.68. The number of aromatic nitrogens is 6. The smallest absolute Gasteiger partial charge is 0.274 e. The number of H-pyrrole nitrogens is 1. The predicted molar refractivity (Wildman–Crippen MR) is 96.1 cm³/mol. The molecule has 0 bridgehead atoms. The summed E-state index contributed by atoms with van der Waals surface area (Å²) in [6.45, 7) is 2.27. The normalized spacial score (nSPS) is 22.7. The van der Waals surface area contributed by atoms with Crippen molar-refractivity contribution in [2.75, 3.05) is 40.9 Å². The molecule has 2 aromatic heterocycles. The van der Waals surface area contributed by atoms with Gasteiger partial charge in [0.15, 0.2) is 5.82 Å². The zero-order valence-corrected chi connectivity index (χ0v) is 16.1. The molecule has 3 heterocycles. The van der Waals surface area contributed by atoms with Gasteiger partial charge in [-0.2, -0.15) is 5.10 Å². The number of nitrogens with one attached hydrogen (secondary N) is 1. The largest absolute Gasteiger partial charge is 0.383 e. The van der Waals surface area contributed by atoms with Crippen LogP contribution in [0.2, 0.25) is 0 Å². The van der Waals surface area contributed by atoms with E-state index in [0.29, 0.717) is 37.9 Å². The highest BCUT2D eigenvalue weighted by atomic mass is 16.5. The van der Waals surface area contributed by atoms with E-state index in [1.807, 2.05) is 25.1 Å². The van der Waals surface area contributed by atoms with Crippen LogP contribution in [0, 0.1) is 0 Å². The lowest BCUT2D eigenvalue weighted by molar-refractivity contribution is 0.0731. The molecule has 0 spiro atoms. The lowest BCUT2D eigenvalue weighted by atomic mass is 9.96. The van der Waals surface area contributed by atoms with Crippen LogP contribution in [0.5, 0.6) is 0 Å². The third-order valence-corrected chi connectivity index (χ3v) is 5.68. The number of tetrazole rings is 1. The number of nitrogens with zero attached hydrogens (tertiary/aromatic N) is 7. The van der Waals surface area contributed by atoms with Crippen LogP contribution in [-0.2, 0) is 16.8 Å². The van der Waals surface area contributed by atoms with Crippen molar-refractivity contribution in [2.45, 2.75) is 37.3 Å². The predicted octanol–water partition coefficient (Wildman–Crippen LogP) is 0.223. The van der Waals surface area contributed by atoms with Gasteiger partial charge in [-0.15, -0.1) is 5.10 Å². The molecule has 10 heteroatoms. The highest BCUT2D eigenvalue weighted by molar-refractivity contribution is 5.92. The second kappa shape index (κ2) is 7.01. The number of carbonyl (C=O) groups is 1. The maximum Gasteiger partial charge on any atom is 0.274 e. The Bertz CT molecular complexity index is 811. The molecule has 146 valence electrons. The van der Waals surface area contributed by atoms with E-state index in [0.717, 1.165) is 17.9 Å². The number of amides is 1. The Morgan fingerprint density at radius 1 is 1.44 bits per heavy atom. The topological polar surface area (TPSA) is 105 Å². The summed E-state index contributed by atoms with van der Waals surface area (Å²) < 4.78 is 6.94. The number of rotatable bonds is 7. The van der Waals surface area contributed by atoms with Crippen LogP contribution in [0.4, 0.5) is 0 Å². The van der Waals surface area contributed by atoms with Crippen LogP contribution in [0.1, 0.15) is 47.2 Å². The number of carbonyl (C=O) groups excluding carboxylic acids is 1. The fourth-order valence-corrected chi connectivity index (χ4v) is 3.79. The fraction of sp³-hybridized carbons (Fsp3) is 0.706. The van der Waals surface area contributed by atoms with Gasteiger partial charge in [-0.05, 0) is 49.9 Å². The van der Waals surface area contributed by atoms with Gasteiger partial charge in [0.25, 0.3) is 5.91 Å². The van der Waals surface area contributed by atoms with E-state index in [-0.39, 0.29) is 5.91 Å². The second-order valence-electron chi connectivity index (χ2n) is 7.60. The van der Waals surface area contributed by atoms with E-state index < -0.39 is 5.54 Å². The zero-order chi connectivity index (χ0) is 19.0. The second-order valence-corrected chi connectivity index (χ2v) is 7.60. The minimum atomic E-state index is -0.428.